The van der Waals surface area contributed by atoms with E-state index in [0.29, 0.717) is 0 Å². The third-order valence-corrected chi connectivity index (χ3v) is 2.87. The molecule has 2 heterocycles. The molecule has 1 unspecified atom stereocenters. The zero-order valence-corrected chi connectivity index (χ0v) is 10.9. The van der Waals surface area contributed by atoms with Crippen LogP contribution in [-0.4, -0.2) is 31.3 Å². The van der Waals surface area contributed by atoms with Gasteiger partial charge >= 0.3 is 0 Å². The fourth-order valence-corrected chi connectivity index (χ4v) is 1.95. The van der Waals surface area contributed by atoms with E-state index in [1.165, 1.54) is 0 Å². The Morgan fingerprint density at radius 2 is 2.28 bits per heavy atom. The Balaban J connectivity index is 2.10. The number of aryl methyl sites for hydroxylation is 1. The highest BCUT2D eigenvalue weighted by atomic mass is 15.3. The average molecular weight is 248 g/mol. The number of nitrogens with zero attached hydrogens (tertiary/aromatic N) is 4. The van der Waals surface area contributed by atoms with Gasteiger partial charge in [0.25, 0.3) is 0 Å². The van der Waals surface area contributed by atoms with Crippen LogP contribution in [-0.2, 0) is 13.0 Å². The maximum atomic E-state index is 4.33. The van der Waals surface area contributed by atoms with E-state index in [-0.39, 0.29) is 6.04 Å². The van der Waals surface area contributed by atoms with Crippen LogP contribution < -0.4 is 5.32 Å². The van der Waals surface area contributed by atoms with Crippen LogP contribution in [0.1, 0.15) is 38.0 Å². The Kier molecular flexibility index (Phi) is 4.46. The van der Waals surface area contributed by atoms with Gasteiger partial charge in [0.1, 0.15) is 18.0 Å². The highest BCUT2D eigenvalue weighted by molar-refractivity contribution is 5.01. The van der Waals surface area contributed by atoms with E-state index in [9.17, 15) is 0 Å². The molecule has 0 fully saturated rings. The summed E-state index contributed by atoms with van der Waals surface area (Å²) in [6, 6.07) is 0.162. The Morgan fingerprint density at radius 1 is 1.39 bits per heavy atom. The minimum Gasteiger partial charge on any atom is -0.347 e. The van der Waals surface area contributed by atoms with E-state index < -0.39 is 0 Å². The molecule has 0 spiro atoms. The van der Waals surface area contributed by atoms with Gasteiger partial charge in [0.05, 0.1) is 6.04 Å². The summed E-state index contributed by atoms with van der Waals surface area (Å²) in [5.74, 6) is 1.94. The molecule has 18 heavy (non-hydrogen) atoms. The first-order valence-corrected chi connectivity index (χ1v) is 6.44. The molecule has 0 aliphatic carbocycles. The van der Waals surface area contributed by atoms with Crippen LogP contribution in [0.3, 0.4) is 0 Å². The third-order valence-electron chi connectivity index (χ3n) is 2.87. The third kappa shape index (κ3) is 2.95. The van der Waals surface area contributed by atoms with Crippen molar-refractivity contribution in [3.05, 3.63) is 30.4 Å². The van der Waals surface area contributed by atoms with Gasteiger partial charge in [-0.05, 0) is 19.9 Å². The molecule has 1 atom stereocenters. The van der Waals surface area contributed by atoms with Crippen molar-refractivity contribution >= 4 is 0 Å². The molecular formula is C12H20N6. The Hall–Kier alpha value is -1.69. The van der Waals surface area contributed by atoms with Crippen LogP contribution in [0.2, 0.25) is 0 Å². The zero-order chi connectivity index (χ0) is 12.8. The van der Waals surface area contributed by atoms with Crippen molar-refractivity contribution in [1.29, 1.82) is 0 Å². The number of hydrogen-bond donors (Lipinski definition) is 2. The van der Waals surface area contributed by atoms with Crippen molar-refractivity contribution in [1.82, 2.24) is 30.0 Å². The van der Waals surface area contributed by atoms with Gasteiger partial charge in [0, 0.05) is 25.4 Å². The van der Waals surface area contributed by atoms with Crippen molar-refractivity contribution in [3.8, 4) is 0 Å². The quantitative estimate of drug-likeness (QED) is 0.775. The molecule has 0 aliphatic heterocycles. The molecule has 6 heteroatoms. The second kappa shape index (κ2) is 6.30. The number of H-pyrrole nitrogens is 1. The number of aromatic nitrogens is 5. The standard InChI is InChI=1S/C12H20N6/c1-3-5-13-10(12-14-6-7-15-12)8-11-16-9-17-18(11)4-2/h6-7,9-10,13H,3-5,8H2,1-2H3,(H,14,15). The molecule has 0 amide bonds. The minimum atomic E-state index is 0.162. The molecule has 0 aromatic carbocycles. The molecule has 2 rings (SSSR count). The number of hydrogen-bond acceptors (Lipinski definition) is 4. The summed E-state index contributed by atoms with van der Waals surface area (Å²) in [5, 5.41) is 7.68. The van der Waals surface area contributed by atoms with Gasteiger partial charge in [-0.15, -0.1) is 0 Å². The molecule has 0 aliphatic rings. The van der Waals surface area contributed by atoms with Gasteiger partial charge in [-0.1, -0.05) is 6.92 Å². The van der Waals surface area contributed by atoms with Crippen molar-refractivity contribution in [2.45, 2.75) is 39.3 Å². The van der Waals surface area contributed by atoms with Crippen molar-refractivity contribution in [2.24, 2.45) is 0 Å². The Morgan fingerprint density at radius 3 is 2.94 bits per heavy atom. The van der Waals surface area contributed by atoms with E-state index in [2.05, 4.69) is 39.2 Å². The van der Waals surface area contributed by atoms with Crippen molar-refractivity contribution in [2.75, 3.05) is 6.54 Å². The fraction of sp³-hybridized carbons (Fsp3) is 0.583. The maximum Gasteiger partial charge on any atom is 0.138 e. The molecule has 0 saturated carbocycles. The second-order valence-electron chi connectivity index (χ2n) is 4.18. The van der Waals surface area contributed by atoms with Crippen LogP contribution in [0.5, 0.6) is 0 Å². The van der Waals surface area contributed by atoms with Gasteiger partial charge in [-0.2, -0.15) is 5.10 Å². The van der Waals surface area contributed by atoms with E-state index >= 15 is 0 Å². The zero-order valence-electron chi connectivity index (χ0n) is 10.9. The predicted molar refractivity (Wildman–Crippen MR) is 69.0 cm³/mol. The van der Waals surface area contributed by atoms with E-state index in [0.717, 1.165) is 37.6 Å². The summed E-state index contributed by atoms with van der Waals surface area (Å²) in [7, 11) is 0. The Labute approximate surface area is 107 Å². The van der Waals surface area contributed by atoms with Gasteiger partial charge in [-0.3, -0.25) is 4.68 Å². The molecule has 2 aromatic rings. The summed E-state index contributed by atoms with van der Waals surface area (Å²) in [6.45, 7) is 6.03. The lowest BCUT2D eigenvalue weighted by molar-refractivity contribution is 0.480. The Bertz CT molecular complexity index is 447. The highest BCUT2D eigenvalue weighted by Crippen LogP contribution is 2.13. The number of nitrogens with one attached hydrogen (secondary N) is 2. The lowest BCUT2D eigenvalue weighted by atomic mass is 10.2. The minimum absolute atomic E-state index is 0.162. The second-order valence-corrected chi connectivity index (χ2v) is 4.18. The first kappa shape index (κ1) is 12.8. The highest BCUT2D eigenvalue weighted by Gasteiger charge is 2.16. The topological polar surface area (TPSA) is 71.4 Å². The normalized spacial score (nSPS) is 12.8. The van der Waals surface area contributed by atoms with Crippen LogP contribution >= 0.6 is 0 Å². The van der Waals surface area contributed by atoms with Crippen LogP contribution in [0, 0.1) is 0 Å². The van der Waals surface area contributed by atoms with Gasteiger partial charge in [0.2, 0.25) is 0 Å². The van der Waals surface area contributed by atoms with Gasteiger partial charge in [0.15, 0.2) is 0 Å². The van der Waals surface area contributed by atoms with Crippen molar-refractivity contribution in [3.63, 3.8) is 0 Å². The maximum absolute atomic E-state index is 4.33. The largest absolute Gasteiger partial charge is 0.347 e. The first-order valence-electron chi connectivity index (χ1n) is 6.44. The van der Waals surface area contributed by atoms with Crippen LogP contribution in [0.25, 0.3) is 0 Å². The number of imidazole rings is 1. The first-order chi connectivity index (χ1) is 8.85. The summed E-state index contributed by atoms with van der Waals surface area (Å²) in [5.41, 5.74) is 0. The summed E-state index contributed by atoms with van der Waals surface area (Å²) in [4.78, 5) is 11.8. The monoisotopic (exact) mass is 248 g/mol. The molecule has 98 valence electrons. The summed E-state index contributed by atoms with van der Waals surface area (Å²) in [6.07, 6.45) is 7.12. The van der Waals surface area contributed by atoms with E-state index in [4.69, 9.17) is 0 Å². The smallest absolute Gasteiger partial charge is 0.138 e. The van der Waals surface area contributed by atoms with E-state index in [1.807, 2.05) is 10.9 Å². The fourth-order valence-electron chi connectivity index (χ4n) is 1.95. The van der Waals surface area contributed by atoms with Gasteiger partial charge < -0.3 is 10.3 Å². The molecule has 2 N–H and O–H groups in total. The molecule has 0 saturated heterocycles. The number of rotatable bonds is 7. The number of aromatic amines is 1. The SMILES string of the molecule is CCCNC(Cc1ncnn1CC)c1ncc[nH]1. The van der Waals surface area contributed by atoms with Crippen LogP contribution in [0.4, 0.5) is 0 Å². The predicted octanol–water partition coefficient (Wildman–Crippen LogP) is 1.30. The van der Waals surface area contributed by atoms with Crippen molar-refractivity contribution < 1.29 is 0 Å². The lowest BCUT2D eigenvalue weighted by Crippen LogP contribution is -2.26. The van der Waals surface area contributed by atoms with Gasteiger partial charge in [-0.25, -0.2) is 9.97 Å². The summed E-state index contributed by atoms with van der Waals surface area (Å²) < 4.78 is 1.92. The van der Waals surface area contributed by atoms with Crippen LogP contribution in [0.15, 0.2) is 18.7 Å². The summed E-state index contributed by atoms with van der Waals surface area (Å²) >= 11 is 0. The lowest BCUT2D eigenvalue weighted by Gasteiger charge is -2.16. The average Bonchev–Trinajstić information content (AvgIpc) is 3.04. The molecular weight excluding hydrogens is 228 g/mol. The molecule has 2 aromatic heterocycles. The molecule has 0 bridgehead atoms. The molecule has 6 nitrogen and oxygen atoms in total. The molecule has 0 radical (unpaired) electrons. The van der Waals surface area contributed by atoms with E-state index in [1.54, 1.807) is 12.5 Å².